The number of aromatic nitrogens is 1. The van der Waals surface area contributed by atoms with Crippen LogP contribution in [0, 0.1) is 5.92 Å². The van der Waals surface area contributed by atoms with E-state index < -0.39 is 5.97 Å². The van der Waals surface area contributed by atoms with Gasteiger partial charge >= 0.3 is 11.9 Å². The smallest absolute Gasteiger partial charge is 0.341 e. The monoisotopic (exact) mass is 414 g/mol. The maximum Gasteiger partial charge on any atom is 0.341 e. The van der Waals surface area contributed by atoms with Gasteiger partial charge in [-0.25, -0.2) is 9.78 Å². The summed E-state index contributed by atoms with van der Waals surface area (Å²) in [4.78, 5) is 43.3. The summed E-state index contributed by atoms with van der Waals surface area (Å²) in [6.07, 6.45) is 2.71. The number of hydrogen-bond acceptors (Lipinski definition) is 7. The zero-order valence-corrected chi connectivity index (χ0v) is 16.9. The van der Waals surface area contributed by atoms with Crippen LogP contribution in [0.4, 0.5) is 0 Å². The highest BCUT2D eigenvalue weighted by Gasteiger charge is 2.28. The first kappa shape index (κ1) is 20.9. The predicted octanol–water partition coefficient (Wildman–Crippen LogP) is 2.80. The van der Waals surface area contributed by atoms with Crippen molar-refractivity contribution in [3.63, 3.8) is 0 Å². The number of carbonyl (C=O) groups is 3. The van der Waals surface area contributed by atoms with Crippen LogP contribution in [-0.2, 0) is 19.1 Å². The normalized spacial score (nSPS) is 14.3. The van der Waals surface area contributed by atoms with E-state index in [1.807, 2.05) is 30.3 Å². The number of nitrogens with zero attached hydrogens (tertiary/aromatic N) is 2. The van der Waals surface area contributed by atoms with Crippen LogP contribution in [0.25, 0.3) is 0 Å². The second-order valence-electron chi connectivity index (χ2n) is 6.53. The molecule has 3 rings (SSSR count). The number of methoxy groups -OCH3 is 1. The van der Waals surface area contributed by atoms with Crippen molar-refractivity contribution in [1.29, 1.82) is 0 Å². The van der Waals surface area contributed by atoms with Gasteiger partial charge in [0.15, 0.2) is 6.61 Å². The maximum atomic E-state index is 12.5. The number of pyridine rings is 1. The highest BCUT2D eigenvalue weighted by atomic mass is 32.2. The van der Waals surface area contributed by atoms with Gasteiger partial charge in [0.2, 0.25) is 0 Å². The van der Waals surface area contributed by atoms with Crippen LogP contribution in [-0.4, -0.2) is 54.5 Å². The summed E-state index contributed by atoms with van der Waals surface area (Å²) < 4.78 is 9.99. The van der Waals surface area contributed by atoms with Gasteiger partial charge in [0, 0.05) is 24.2 Å². The first-order valence-corrected chi connectivity index (χ1v) is 10.1. The van der Waals surface area contributed by atoms with Crippen molar-refractivity contribution in [3.05, 3.63) is 54.2 Å². The Balaban J connectivity index is 1.55. The molecule has 0 N–H and O–H groups in total. The third kappa shape index (κ3) is 5.57. The lowest BCUT2D eigenvalue weighted by molar-refractivity contribution is -0.149. The second kappa shape index (κ2) is 10.1. The van der Waals surface area contributed by atoms with E-state index in [4.69, 9.17) is 9.47 Å². The summed E-state index contributed by atoms with van der Waals surface area (Å²) in [7, 11) is 1.36. The van der Waals surface area contributed by atoms with Crippen molar-refractivity contribution in [2.45, 2.75) is 22.8 Å². The van der Waals surface area contributed by atoms with E-state index in [1.54, 1.807) is 23.2 Å². The molecule has 0 bridgehead atoms. The third-order valence-electron chi connectivity index (χ3n) is 4.66. The van der Waals surface area contributed by atoms with Crippen molar-refractivity contribution < 1.29 is 23.9 Å². The van der Waals surface area contributed by atoms with Gasteiger partial charge in [-0.2, -0.15) is 0 Å². The van der Waals surface area contributed by atoms with E-state index in [9.17, 15) is 14.4 Å². The molecule has 0 spiro atoms. The fourth-order valence-electron chi connectivity index (χ4n) is 3.06. The zero-order valence-electron chi connectivity index (χ0n) is 16.1. The molecule has 1 saturated heterocycles. The molecule has 0 aliphatic carbocycles. The van der Waals surface area contributed by atoms with Crippen LogP contribution in [0.5, 0.6) is 0 Å². The highest BCUT2D eigenvalue weighted by molar-refractivity contribution is 7.99. The van der Waals surface area contributed by atoms with Crippen LogP contribution in [0.3, 0.4) is 0 Å². The van der Waals surface area contributed by atoms with E-state index in [0.717, 1.165) is 4.90 Å². The Morgan fingerprint density at radius 2 is 1.83 bits per heavy atom. The molecule has 1 aliphatic heterocycles. The molecule has 1 fully saturated rings. The molecule has 8 heteroatoms. The molecule has 152 valence electrons. The van der Waals surface area contributed by atoms with Crippen molar-refractivity contribution in [2.24, 2.45) is 5.92 Å². The molecule has 29 heavy (non-hydrogen) atoms. The lowest BCUT2D eigenvalue weighted by atomic mass is 9.97. The zero-order chi connectivity index (χ0) is 20.6. The van der Waals surface area contributed by atoms with Crippen LogP contribution < -0.4 is 0 Å². The number of amides is 1. The standard InChI is InChI=1S/C21H22N2O5S/c1-27-20(25)15-9-12-23(13-10-15)18(24)14-28-21(26)17-8-5-11-22-19(17)29-16-6-3-2-4-7-16/h2-8,11,15H,9-10,12-14H2,1H3. The summed E-state index contributed by atoms with van der Waals surface area (Å²) >= 11 is 1.36. The largest absolute Gasteiger partial charge is 0.469 e. The van der Waals surface area contributed by atoms with E-state index in [1.165, 1.54) is 18.9 Å². The fraction of sp³-hybridized carbons (Fsp3) is 0.333. The quantitative estimate of drug-likeness (QED) is 0.672. The number of piperidine rings is 1. The van der Waals surface area contributed by atoms with Gasteiger partial charge in [0.25, 0.3) is 5.91 Å². The van der Waals surface area contributed by atoms with Gasteiger partial charge in [0.05, 0.1) is 18.6 Å². The highest BCUT2D eigenvalue weighted by Crippen LogP contribution is 2.28. The molecule has 0 atom stereocenters. The van der Waals surface area contributed by atoms with Crippen molar-refractivity contribution >= 4 is 29.6 Å². The molecule has 1 aromatic heterocycles. The summed E-state index contributed by atoms with van der Waals surface area (Å²) in [5, 5.41) is 0.523. The van der Waals surface area contributed by atoms with Gasteiger partial charge in [0.1, 0.15) is 5.03 Å². The summed E-state index contributed by atoms with van der Waals surface area (Å²) in [5.74, 6) is -1.29. The van der Waals surface area contributed by atoms with Gasteiger partial charge in [-0.3, -0.25) is 9.59 Å². The fourth-order valence-corrected chi connectivity index (χ4v) is 3.95. The lowest BCUT2D eigenvalue weighted by Crippen LogP contribution is -2.42. The molecule has 2 aromatic rings. The SMILES string of the molecule is COC(=O)C1CCN(C(=O)COC(=O)c2cccnc2Sc2ccccc2)CC1. The Morgan fingerprint density at radius 1 is 1.10 bits per heavy atom. The van der Waals surface area contributed by atoms with Crippen molar-refractivity contribution in [3.8, 4) is 0 Å². The molecule has 0 unspecified atom stereocenters. The van der Waals surface area contributed by atoms with E-state index in [-0.39, 0.29) is 24.4 Å². The van der Waals surface area contributed by atoms with E-state index >= 15 is 0 Å². The minimum Gasteiger partial charge on any atom is -0.469 e. The van der Waals surface area contributed by atoms with E-state index in [2.05, 4.69) is 4.98 Å². The second-order valence-corrected chi connectivity index (χ2v) is 7.59. The van der Waals surface area contributed by atoms with E-state index in [0.29, 0.717) is 36.5 Å². The number of hydrogen-bond donors (Lipinski definition) is 0. The Hall–Kier alpha value is -2.87. The van der Waals surface area contributed by atoms with Crippen molar-refractivity contribution in [1.82, 2.24) is 9.88 Å². The van der Waals surface area contributed by atoms with Crippen LogP contribution in [0.2, 0.25) is 0 Å². The lowest BCUT2D eigenvalue weighted by Gasteiger charge is -2.30. The topological polar surface area (TPSA) is 85.8 Å². The molecular formula is C21H22N2O5S. The van der Waals surface area contributed by atoms with Crippen LogP contribution in [0.1, 0.15) is 23.2 Å². The Morgan fingerprint density at radius 3 is 2.52 bits per heavy atom. The molecule has 1 aliphatic rings. The molecule has 1 aromatic carbocycles. The first-order valence-electron chi connectivity index (χ1n) is 9.29. The third-order valence-corrected chi connectivity index (χ3v) is 5.68. The van der Waals surface area contributed by atoms with Crippen molar-refractivity contribution in [2.75, 3.05) is 26.8 Å². The average molecular weight is 414 g/mol. The summed E-state index contributed by atoms with van der Waals surface area (Å²) in [6.45, 7) is 0.544. The predicted molar refractivity (Wildman–Crippen MR) is 106 cm³/mol. The molecule has 7 nitrogen and oxygen atoms in total. The first-order chi connectivity index (χ1) is 14.1. The number of ether oxygens (including phenoxy) is 2. The van der Waals surface area contributed by atoms with Crippen LogP contribution in [0.15, 0.2) is 58.6 Å². The minimum atomic E-state index is -0.589. The summed E-state index contributed by atoms with van der Waals surface area (Å²) in [6, 6.07) is 12.9. The van der Waals surface area contributed by atoms with Gasteiger partial charge < -0.3 is 14.4 Å². The Labute approximate surface area is 173 Å². The molecule has 2 heterocycles. The Kier molecular flexibility index (Phi) is 7.24. The number of rotatable bonds is 6. The number of carbonyl (C=O) groups excluding carboxylic acids is 3. The molecule has 0 saturated carbocycles. The number of likely N-dealkylation sites (tertiary alicyclic amines) is 1. The van der Waals surface area contributed by atoms with Gasteiger partial charge in [-0.05, 0) is 37.1 Å². The Bertz CT molecular complexity index is 866. The van der Waals surface area contributed by atoms with Crippen LogP contribution >= 0.6 is 11.8 Å². The number of esters is 2. The molecule has 1 amide bonds. The minimum absolute atomic E-state index is 0.181. The van der Waals surface area contributed by atoms with Gasteiger partial charge in [-0.1, -0.05) is 30.0 Å². The molecule has 0 radical (unpaired) electrons. The molecular weight excluding hydrogens is 392 g/mol. The summed E-state index contributed by atoms with van der Waals surface area (Å²) in [5.41, 5.74) is 0.318. The number of benzene rings is 1. The maximum absolute atomic E-state index is 12.5. The average Bonchev–Trinajstić information content (AvgIpc) is 2.78. The van der Waals surface area contributed by atoms with Gasteiger partial charge in [-0.15, -0.1) is 0 Å².